The SMILES string of the molecule is COc1cc(OC)c(C(NN)c2cnn(C)c2)cc1OC. The third kappa shape index (κ3) is 2.93. The minimum absolute atomic E-state index is 0.270. The van der Waals surface area contributed by atoms with Crippen LogP contribution in [-0.4, -0.2) is 31.1 Å². The van der Waals surface area contributed by atoms with Gasteiger partial charge in [0, 0.05) is 30.4 Å². The molecular formula is C14H20N4O3. The van der Waals surface area contributed by atoms with Crippen LogP contribution in [0.25, 0.3) is 0 Å². The van der Waals surface area contributed by atoms with Gasteiger partial charge in [0.05, 0.1) is 33.6 Å². The third-order valence-electron chi connectivity index (χ3n) is 3.27. The van der Waals surface area contributed by atoms with Crippen molar-refractivity contribution in [1.29, 1.82) is 0 Å². The summed E-state index contributed by atoms with van der Waals surface area (Å²) >= 11 is 0. The molecule has 0 radical (unpaired) electrons. The van der Waals surface area contributed by atoms with E-state index in [1.165, 1.54) is 0 Å². The quantitative estimate of drug-likeness (QED) is 0.610. The molecule has 1 atom stereocenters. The number of hydrogen-bond acceptors (Lipinski definition) is 6. The fourth-order valence-electron chi connectivity index (χ4n) is 2.23. The fourth-order valence-corrected chi connectivity index (χ4v) is 2.23. The number of benzene rings is 1. The van der Waals surface area contributed by atoms with Gasteiger partial charge in [-0.1, -0.05) is 0 Å². The molecule has 1 unspecified atom stereocenters. The van der Waals surface area contributed by atoms with E-state index in [0.717, 1.165) is 11.1 Å². The smallest absolute Gasteiger partial charge is 0.164 e. The minimum atomic E-state index is -0.270. The van der Waals surface area contributed by atoms with Gasteiger partial charge in [-0.25, -0.2) is 5.43 Å². The van der Waals surface area contributed by atoms with Crippen molar-refractivity contribution in [2.75, 3.05) is 21.3 Å². The second kappa shape index (κ2) is 6.47. The lowest BCUT2D eigenvalue weighted by Crippen LogP contribution is -2.29. The Bertz CT molecular complexity index is 612. The lowest BCUT2D eigenvalue weighted by atomic mass is 10.0. The Kier molecular flexibility index (Phi) is 4.66. The van der Waals surface area contributed by atoms with Crippen LogP contribution in [0.3, 0.4) is 0 Å². The van der Waals surface area contributed by atoms with E-state index in [1.807, 2.05) is 19.3 Å². The molecule has 0 saturated heterocycles. The van der Waals surface area contributed by atoms with Crippen molar-refractivity contribution in [2.24, 2.45) is 12.9 Å². The Balaban J connectivity index is 2.54. The van der Waals surface area contributed by atoms with Crippen molar-refractivity contribution in [3.8, 4) is 17.2 Å². The zero-order valence-electron chi connectivity index (χ0n) is 12.6. The number of nitrogens with one attached hydrogen (secondary N) is 1. The first-order valence-corrected chi connectivity index (χ1v) is 6.39. The summed E-state index contributed by atoms with van der Waals surface area (Å²) in [5.74, 6) is 7.58. The van der Waals surface area contributed by atoms with Crippen LogP contribution in [0, 0.1) is 0 Å². The van der Waals surface area contributed by atoms with Gasteiger partial charge < -0.3 is 14.2 Å². The Morgan fingerprint density at radius 2 is 1.71 bits per heavy atom. The number of aryl methyl sites for hydroxylation is 1. The summed E-state index contributed by atoms with van der Waals surface area (Å²) in [6.07, 6.45) is 3.64. The van der Waals surface area contributed by atoms with Crippen molar-refractivity contribution in [3.05, 3.63) is 35.7 Å². The minimum Gasteiger partial charge on any atom is -0.496 e. The van der Waals surface area contributed by atoms with E-state index in [0.29, 0.717) is 17.2 Å². The van der Waals surface area contributed by atoms with Crippen LogP contribution in [0.1, 0.15) is 17.2 Å². The van der Waals surface area contributed by atoms with Crippen LogP contribution >= 0.6 is 0 Å². The molecular weight excluding hydrogens is 272 g/mol. The molecule has 114 valence electrons. The van der Waals surface area contributed by atoms with Gasteiger partial charge in [-0.05, 0) is 6.07 Å². The molecule has 0 saturated carbocycles. The van der Waals surface area contributed by atoms with Crippen LogP contribution in [-0.2, 0) is 7.05 Å². The second-order valence-corrected chi connectivity index (χ2v) is 4.50. The first-order valence-electron chi connectivity index (χ1n) is 6.39. The molecule has 0 amide bonds. The van der Waals surface area contributed by atoms with Crippen LogP contribution in [0.2, 0.25) is 0 Å². The molecule has 7 heteroatoms. The highest BCUT2D eigenvalue weighted by molar-refractivity contribution is 5.53. The predicted octanol–water partition coefficient (Wildman–Crippen LogP) is 0.999. The fraction of sp³-hybridized carbons (Fsp3) is 0.357. The van der Waals surface area contributed by atoms with Gasteiger partial charge in [-0.2, -0.15) is 5.10 Å². The van der Waals surface area contributed by atoms with Gasteiger partial charge in [0.15, 0.2) is 11.5 Å². The maximum Gasteiger partial charge on any atom is 0.164 e. The normalized spacial score (nSPS) is 12.0. The molecule has 1 aromatic heterocycles. The van der Waals surface area contributed by atoms with Gasteiger partial charge in [0.1, 0.15) is 5.75 Å². The van der Waals surface area contributed by atoms with E-state index in [4.69, 9.17) is 20.1 Å². The lowest BCUT2D eigenvalue weighted by Gasteiger charge is -2.20. The summed E-state index contributed by atoms with van der Waals surface area (Å²) in [5, 5.41) is 4.17. The molecule has 0 aliphatic carbocycles. The van der Waals surface area contributed by atoms with Crippen molar-refractivity contribution in [2.45, 2.75) is 6.04 Å². The molecule has 7 nitrogen and oxygen atoms in total. The molecule has 0 spiro atoms. The molecule has 1 aromatic carbocycles. The molecule has 0 bridgehead atoms. The number of nitrogens with two attached hydrogens (primary N) is 1. The Morgan fingerprint density at radius 3 is 2.19 bits per heavy atom. The summed E-state index contributed by atoms with van der Waals surface area (Å²) in [5.41, 5.74) is 4.54. The maximum atomic E-state index is 5.72. The first-order chi connectivity index (χ1) is 10.1. The van der Waals surface area contributed by atoms with E-state index in [9.17, 15) is 0 Å². The number of aromatic nitrogens is 2. The average molecular weight is 292 g/mol. The first kappa shape index (κ1) is 15.1. The Morgan fingerprint density at radius 1 is 1.10 bits per heavy atom. The molecule has 2 rings (SSSR count). The Hall–Kier alpha value is -2.25. The number of methoxy groups -OCH3 is 3. The largest absolute Gasteiger partial charge is 0.496 e. The molecule has 21 heavy (non-hydrogen) atoms. The number of ether oxygens (including phenoxy) is 3. The van der Waals surface area contributed by atoms with Gasteiger partial charge in [-0.15, -0.1) is 0 Å². The maximum absolute atomic E-state index is 5.72. The third-order valence-corrected chi connectivity index (χ3v) is 3.27. The van der Waals surface area contributed by atoms with Crippen LogP contribution in [0.15, 0.2) is 24.5 Å². The molecule has 0 aliphatic heterocycles. The Labute approximate surface area is 123 Å². The van der Waals surface area contributed by atoms with Crippen LogP contribution < -0.4 is 25.5 Å². The summed E-state index contributed by atoms with van der Waals surface area (Å²) in [7, 11) is 6.62. The van der Waals surface area contributed by atoms with E-state index < -0.39 is 0 Å². The highest BCUT2D eigenvalue weighted by Gasteiger charge is 2.21. The zero-order chi connectivity index (χ0) is 15.4. The van der Waals surface area contributed by atoms with Gasteiger partial charge >= 0.3 is 0 Å². The van der Waals surface area contributed by atoms with E-state index in [2.05, 4.69) is 10.5 Å². The van der Waals surface area contributed by atoms with Crippen molar-refractivity contribution < 1.29 is 14.2 Å². The molecule has 0 aliphatic rings. The molecule has 0 fully saturated rings. The van der Waals surface area contributed by atoms with E-state index in [-0.39, 0.29) is 6.04 Å². The van der Waals surface area contributed by atoms with E-state index in [1.54, 1.807) is 38.3 Å². The van der Waals surface area contributed by atoms with Crippen molar-refractivity contribution >= 4 is 0 Å². The van der Waals surface area contributed by atoms with Crippen molar-refractivity contribution in [3.63, 3.8) is 0 Å². The lowest BCUT2D eigenvalue weighted by molar-refractivity contribution is 0.346. The van der Waals surface area contributed by atoms with Gasteiger partial charge in [-0.3, -0.25) is 10.5 Å². The molecule has 3 N–H and O–H groups in total. The monoisotopic (exact) mass is 292 g/mol. The van der Waals surface area contributed by atoms with Crippen molar-refractivity contribution in [1.82, 2.24) is 15.2 Å². The second-order valence-electron chi connectivity index (χ2n) is 4.50. The molecule has 1 heterocycles. The summed E-state index contributed by atoms with van der Waals surface area (Å²) in [4.78, 5) is 0. The predicted molar refractivity (Wildman–Crippen MR) is 78.5 cm³/mol. The highest BCUT2D eigenvalue weighted by Crippen LogP contribution is 2.38. The van der Waals surface area contributed by atoms with E-state index >= 15 is 0 Å². The summed E-state index contributed by atoms with van der Waals surface area (Å²) < 4.78 is 17.8. The standard InChI is InChI=1S/C14H20N4O3/c1-18-8-9(7-16-18)14(17-15)10-5-12(20-3)13(21-4)6-11(10)19-2/h5-8,14,17H,15H2,1-4H3. The van der Waals surface area contributed by atoms with Gasteiger partial charge in [0.2, 0.25) is 0 Å². The topological polar surface area (TPSA) is 83.6 Å². The number of nitrogens with zero attached hydrogens (tertiary/aromatic N) is 2. The summed E-state index contributed by atoms with van der Waals surface area (Å²) in [6.45, 7) is 0. The zero-order valence-corrected chi connectivity index (χ0v) is 12.6. The highest BCUT2D eigenvalue weighted by atomic mass is 16.5. The number of hydrazine groups is 1. The number of rotatable bonds is 6. The number of hydrogen-bond donors (Lipinski definition) is 2. The molecule has 2 aromatic rings. The van der Waals surface area contributed by atoms with Crippen LogP contribution in [0.4, 0.5) is 0 Å². The van der Waals surface area contributed by atoms with Gasteiger partial charge in [0.25, 0.3) is 0 Å². The average Bonchev–Trinajstić information content (AvgIpc) is 2.93. The summed E-state index contributed by atoms with van der Waals surface area (Å²) in [6, 6.07) is 3.35. The van der Waals surface area contributed by atoms with Crippen LogP contribution in [0.5, 0.6) is 17.2 Å².